The van der Waals surface area contributed by atoms with E-state index in [9.17, 15) is 0 Å². The minimum Gasteiger partial charge on any atom is -0.489 e. The zero-order valence-electron chi connectivity index (χ0n) is 10.2. The van der Waals surface area contributed by atoms with Crippen molar-refractivity contribution in [2.75, 3.05) is 0 Å². The van der Waals surface area contributed by atoms with Crippen LogP contribution in [-0.4, -0.2) is 5.84 Å². The monoisotopic (exact) mass is 298 g/mol. The van der Waals surface area contributed by atoms with Gasteiger partial charge >= 0.3 is 0 Å². The molecule has 0 saturated heterocycles. The fourth-order valence-electron chi connectivity index (χ4n) is 1.51. The third kappa shape index (κ3) is 5.20. The number of para-hydroxylation sites is 1. The first kappa shape index (κ1) is 17.3. The number of nitrogens with one attached hydrogen (secondary N) is 1. The minimum atomic E-state index is 0. The molecule has 0 unspecified atom stereocenters. The number of ether oxygens (including phenoxy) is 1. The first-order valence-corrected chi connectivity index (χ1v) is 5.37. The fraction of sp³-hybridized carbons (Fsp3) is 0.0714. The van der Waals surface area contributed by atoms with Crippen LogP contribution < -0.4 is 10.5 Å². The van der Waals surface area contributed by atoms with Gasteiger partial charge in [0.2, 0.25) is 0 Å². The van der Waals surface area contributed by atoms with Crippen LogP contribution in [0.25, 0.3) is 0 Å². The van der Waals surface area contributed by atoms with Gasteiger partial charge < -0.3 is 10.5 Å². The van der Waals surface area contributed by atoms with Crippen molar-refractivity contribution in [3.05, 3.63) is 65.7 Å². The molecule has 0 atom stereocenters. The van der Waals surface area contributed by atoms with Crippen molar-refractivity contribution in [3.8, 4) is 5.75 Å². The summed E-state index contributed by atoms with van der Waals surface area (Å²) >= 11 is 0. The second kappa shape index (κ2) is 8.40. The molecule has 2 rings (SSSR count). The maximum atomic E-state index is 7.37. The number of halogens is 2. The van der Waals surface area contributed by atoms with Crippen molar-refractivity contribution in [2.24, 2.45) is 5.73 Å². The summed E-state index contributed by atoms with van der Waals surface area (Å²) < 4.78 is 5.62. The Bertz CT molecular complexity index is 518. The third-order valence-electron chi connectivity index (χ3n) is 2.39. The zero-order chi connectivity index (χ0) is 12.1. The highest BCUT2D eigenvalue weighted by Crippen LogP contribution is 2.12. The molecule has 5 heteroatoms. The lowest BCUT2D eigenvalue weighted by Gasteiger charge is -2.07. The van der Waals surface area contributed by atoms with Crippen LogP contribution in [0, 0.1) is 5.41 Å². The van der Waals surface area contributed by atoms with E-state index in [0.717, 1.165) is 16.9 Å². The number of benzene rings is 2. The highest BCUT2D eigenvalue weighted by molar-refractivity contribution is 5.95. The number of hydrogen-bond acceptors (Lipinski definition) is 2. The van der Waals surface area contributed by atoms with Gasteiger partial charge in [0.15, 0.2) is 0 Å². The summed E-state index contributed by atoms with van der Waals surface area (Å²) in [5, 5.41) is 7.37. The van der Waals surface area contributed by atoms with Crippen LogP contribution in [0.5, 0.6) is 5.75 Å². The molecule has 0 amide bonds. The molecule has 3 N–H and O–H groups in total. The van der Waals surface area contributed by atoms with Gasteiger partial charge in [-0.1, -0.05) is 36.4 Å². The molecule has 3 nitrogen and oxygen atoms in total. The Morgan fingerprint density at radius 3 is 2.32 bits per heavy atom. The number of rotatable bonds is 4. The van der Waals surface area contributed by atoms with E-state index in [1.54, 1.807) is 0 Å². The smallest absolute Gasteiger partial charge is 0.122 e. The van der Waals surface area contributed by atoms with E-state index in [1.807, 2.05) is 54.6 Å². The summed E-state index contributed by atoms with van der Waals surface area (Å²) in [6, 6.07) is 17.1. The molecule has 0 radical (unpaired) electrons. The molecular formula is C14H16Cl2N2O. The highest BCUT2D eigenvalue weighted by Gasteiger charge is 1.99. The lowest BCUT2D eigenvalue weighted by atomic mass is 10.1. The Kier molecular flexibility index (Phi) is 7.65. The van der Waals surface area contributed by atoms with Gasteiger partial charge in [0, 0.05) is 5.56 Å². The van der Waals surface area contributed by atoms with Crippen LogP contribution in [-0.2, 0) is 6.61 Å². The third-order valence-corrected chi connectivity index (χ3v) is 2.39. The van der Waals surface area contributed by atoms with E-state index >= 15 is 0 Å². The molecule has 0 bridgehead atoms. The Labute approximate surface area is 125 Å². The van der Waals surface area contributed by atoms with Gasteiger partial charge in [0.05, 0.1) is 0 Å². The van der Waals surface area contributed by atoms with Crippen LogP contribution in [0.4, 0.5) is 0 Å². The van der Waals surface area contributed by atoms with Gasteiger partial charge in [-0.25, -0.2) is 0 Å². The number of nitrogens with two attached hydrogens (primary N) is 1. The molecule has 102 valence electrons. The topological polar surface area (TPSA) is 59.1 Å². The quantitative estimate of drug-likeness (QED) is 0.671. The van der Waals surface area contributed by atoms with E-state index in [4.69, 9.17) is 15.9 Å². The molecule has 19 heavy (non-hydrogen) atoms. The van der Waals surface area contributed by atoms with Crippen molar-refractivity contribution in [1.29, 1.82) is 5.41 Å². The normalized spacial score (nSPS) is 8.84. The van der Waals surface area contributed by atoms with Crippen molar-refractivity contribution in [1.82, 2.24) is 0 Å². The summed E-state index contributed by atoms with van der Waals surface area (Å²) in [7, 11) is 0. The predicted molar refractivity (Wildman–Crippen MR) is 82.7 cm³/mol. The second-order valence-corrected chi connectivity index (χ2v) is 3.72. The van der Waals surface area contributed by atoms with Gasteiger partial charge in [-0.15, -0.1) is 24.8 Å². The van der Waals surface area contributed by atoms with E-state index < -0.39 is 0 Å². The summed E-state index contributed by atoms with van der Waals surface area (Å²) in [6.07, 6.45) is 0. The van der Waals surface area contributed by atoms with Crippen LogP contribution in [0.1, 0.15) is 11.1 Å². The standard InChI is InChI=1S/C14H14N2O.2ClH/c15-14(16)12-6-4-5-11(9-12)10-17-13-7-2-1-3-8-13;;/h1-9H,10H2,(H3,15,16);2*1H. The Morgan fingerprint density at radius 1 is 1.00 bits per heavy atom. The van der Waals surface area contributed by atoms with Crippen molar-refractivity contribution in [2.45, 2.75) is 6.61 Å². The summed E-state index contributed by atoms with van der Waals surface area (Å²) in [5.41, 5.74) is 7.16. The lowest BCUT2D eigenvalue weighted by molar-refractivity contribution is 0.306. The summed E-state index contributed by atoms with van der Waals surface area (Å²) in [5.74, 6) is 0.910. The van der Waals surface area contributed by atoms with Crippen LogP contribution >= 0.6 is 24.8 Å². The first-order chi connectivity index (χ1) is 8.25. The molecule has 0 aliphatic heterocycles. The molecular weight excluding hydrogens is 283 g/mol. The van der Waals surface area contributed by atoms with Crippen LogP contribution in [0.2, 0.25) is 0 Å². The lowest BCUT2D eigenvalue weighted by Crippen LogP contribution is -2.11. The molecule has 2 aromatic rings. The zero-order valence-corrected chi connectivity index (χ0v) is 11.8. The van der Waals surface area contributed by atoms with Crippen molar-refractivity contribution in [3.63, 3.8) is 0 Å². The van der Waals surface area contributed by atoms with Crippen molar-refractivity contribution < 1.29 is 4.74 Å². The van der Waals surface area contributed by atoms with Gasteiger partial charge in [-0.2, -0.15) is 0 Å². The van der Waals surface area contributed by atoms with E-state index in [-0.39, 0.29) is 30.6 Å². The molecule has 0 fully saturated rings. The predicted octanol–water partition coefficient (Wildman–Crippen LogP) is 3.39. The first-order valence-electron chi connectivity index (χ1n) is 5.37. The van der Waals surface area contributed by atoms with Crippen LogP contribution in [0.3, 0.4) is 0 Å². The van der Waals surface area contributed by atoms with E-state index in [2.05, 4.69) is 0 Å². The maximum absolute atomic E-state index is 7.37. The highest BCUT2D eigenvalue weighted by atomic mass is 35.5. The Morgan fingerprint density at radius 2 is 1.68 bits per heavy atom. The molecule has 0 aromatic heterocycles. The molecule has 0 spiro atoms. The Balaban J connectivity index is 0.00000162. The minimum absolute atomic E-state index is 0. The SMILES string of the molecule is Cl.Cl.N=C(N)c1cccc(COc2ccccc2)c1. The Hall–Kier alpha value is -1.71. The van der Waals surface area contributed by atoms with Crippen LogP contribution in [0.15, 0.2) is 54.6 Å². The van der Waals surface area contributed by atoms with Gasteiger partial charge in [-0.05, 0) is 23.8 Å². The molecule has 0 aliphatic rings. The van der Waals surface area contributed by atoms with Gasteiger partial charge in [-0.3, -0.25) is 5.41 Å². The average Bonchev–Trinajstić information content (AvgIpc) is 2.38. The molecule has 2 aromatic carbocycles. The second-order valence-electron chi connectivity index (χ2n) is 3.72. The number of hydrogen-bond donors (Lipinski definition) is 2. The number of nitrogen functional groups attached to an aromatic ring is 1. The summed E-state index contributed by atoms with van der Waals surface area (Å²) in [6.45, 7) is 0.477. The molecule has 0 aliphatic carbocycles. The van der Waals surface area contributed by atoms with E-state index in [0.29, 0.717) is 6.61 Å². The average molecular weight is 299 g/mol. The van der Waals surface area contributed by atoms with Crippen molar-refractivity contribution >= 4 is 30.6 Å². The molecule has 0 heterocycles. The maximum Gasteiger partial charge on any atom is 0.122 e. The van der Waals surface area contributed by atoms with Gasteiger partial charge in [0.25, 0.3) is 0 Å². The summed E-state index contributed by atoms with van der Waals surface area (Å²) in [4.78, 5) is 0. The number of amidine groups is 1. The largest absolute Gasteiger partial charge is 0.489 e. The molecule has 0 saturated carbocycles. The van der Waals surface area contributed by atoms with Gasteiger partial charge in [0.1, 0.15) is 18.2 Å². The van der Waals surface area contributed by atoms with E-state index in [1.165, 1.54) is 0 Å². The fourth-order valence-corrected chi connectivity index (χ4v) is 1.51.